The molecule has 3 nitrogen and oxygen atoms in total. The first-order valence-corrected chi connectivity index (χ1v) is 13.4. The van der Waals surface area contributed by atoms with Crippen LogP contribution in [0.2, 0.25) is 0 Å². The summed E-state index contributed by atoms with van der Waals surface area (Å²) < 4.78 is 5.42. The highest BCUT2D eigenvalue weighted by atomic mass is 16.5. The third-order valence-corrected chi connectivity index (χ3v) is 6.06. The van der Waals surface area contributed by atoms with Crippen LogP contribution >= 0.6 is 0 Å². The number of aliphatic hydroxyl groups excluding tert-OH is 1. The lowest BCUT2D eigenvalue weighted by Crippen LogP contribution is -2.25. The van der Waals surface area contributed by atoms with E-state index in [1.807, 2.05) is 13.8 Å². The minimum atomic E-state index is -0.376. The summed E-state index contributed by atoms with van der Waals surface area (Å²) in [6, 6.07) is 0. The topological polar surface area (TPSA) is 46.5 Å². The Bertz CT molecular complexity index is 418. The Hall–Kier alpha value is -0.830. The first kappa shape index (κ1) is 30.2. The van der Waals surface area contributed by atoms with Gasteiger partial charge in [-0.25, -0.2) is 4.79 Å². The van der Waals surface area contributed by atoms with Gasteiger partial charge in [-0.05, 0) is 25.7 Å². The van der Waals surface area contributed by atoms with Gasteiger partial charge in [-0.1, -0.05) is 123 Å². The van der Waals surface area contributed by atoms with Gasteiger partial charge in [0.05, 0.1) is 13.2 Å². The fraction of sp³-hybridized carbons (Fsp3) is 0.893. The van der Waals surface area contributed by atoms with Crippen molar-refractivity contribution in [2.24, 2.45) is 5.41 Å². The third kappa shape index (κ3) is 20.8. The third-order valence-electron chi connectivity index (χ3n) is 6.06. The lowest BCUT2D eigenvalue weighted by atomic mass is 9.96. The molecule has 31 heavy (non-hydrogen) atoms. The van der Waals surface area contributed by atoms with Crippen molar-refractivity contribution in [3.05, 3.63) is 11.6 Å². The Morgan fingerprint density at radius 1 is 0.710 bits per heavy atom. The lowest BCUT2D eigenvalue weighted by Gasteiger charge is -2.20. The summed E-state index contributed by atoms with van der Waals surface area (Å²) in [7, 11) is 0. The predicted octanol–water partition coefficient (Wildman–Crippen LogP) is 8.54. The molecule has 0 aromatic heterocycles. The van der Waals surface area contributed by atoms with Gasteiger partial charge in [0.25, 0.3) is 0 Å². The van der Waals surface area contributed by atoms with Gasteiger partial charge in [-0.2, -0.15) is 0 Å². The van der Waals surface area contributed by atoms with E-state index < -0.39 is 0 Å². The van der Waals surface area contributed by atoms with Crippen LogP contribution in [0.1, 0.15) is 143 Å². The molecule has 0 aromatic carbocycles. The van der Waals surface area contributed by atoms with Crippen molar-refractivity contribution in [3.63, 3.8) is 0 Å². The van der Waals surface area contributed by atoms with Gasteiger partial charge < -0.3 is 9.84 Å². The molecule has 0 aliphatic rings. The summed E-state index contributed by atoms with van der Waals surface area (Å²) in [6.07, 6.45) is 24.7. The maximum Gasteiger partial charge on any atom is 0.330 e. The van der Waals surface area contributed by atoms with Gasteiger partial charge >= 0.3 is 5.97 Å². The molecule has 0 aromatic rings. The van der Waals surface area contributed by atoms with Crippen molar-refractivity contribution in [2.75, 3.05) is 13.2 Å². The number of unbranched alkanes of at least 4 members (excludes halogenated alkanes) is 14. The molecule has 0 rings (SSSR count). The predicted molar refractivity (Wildman–Crippen MR) is 134 cm³/mol. The van der Waals surface area contributed by atoms with Crippen molar-refractivity contribution in [3.8, 4) is 0 Å². The van der Waals surface area contributed by atoms with E-state index in [1.54, 1.807) is 6.08 Å². The van der Waals surface area contributed by atoms with Crippen LogP contribution in [0.4, 0.5) is 0 Å². The molecule has 0 heterocycles. The Morgan fingerprint density at radius 2 is 1.10 bits per heavy atom. The zero-order chi connectivity index (χ0) is 23.2. The van der Waals surface area contributed by atoms with E-state index in [-0.39, 0.29) is 24.6 Å². The van der Waals surface area contributed by atoms with Crippen molar-refractivity contribution in [1.82, 2.24) is 0 Å². The van der Waals surface area contributed by atoms with Crippen LogP contribution in [0.25, 0.3) is 0 Å². The van der Waals surface area contributed by atoms with Gasteiger partial charge in [-0.15, -0.1) is 0 Å². The maximum atomic E-state index is 12.3. The molecule has 1 N–H and O–H groups in total. The number of allylic oxidation sites excluding steroid dienone is 1. The first-order valence-electron chi connectivity index (χ1n) is 13.4. The molecule has 0 bridgehead atoms. The molecular weight excluding hydrogens is 384 g/mol. The van der Waals surface area contributed by atoms with E-state index >= 15 is 0 Å². The Labute approximate surface area is 194 Å². The second kappa shape index (κ2) is 21.0. The SMILES string of the molecule is CCCCCCCCCCC(=CC(=O)OCC(C)(C)CO)CCCCCCCCCC. The van der Waals surface area contributed by atoms with Crippen molar-refractivity contribution in [1.29, 1.82) is 0 Å². The van der Waals surface area contributed by atoms with Crippen LogP contribution in [-0.4, -0.2) is 24.3 Å². The molecule has 3 heteroatoms. The fourth-order valence-corrected chi connectivity index (χ4v) is 3.76. The number of hydrogen-bond acceptors (Lipinski definition) is 3. The van der Waals surface area contributed by atoms with Crippen molar-refractivity contribution >= 4 is 5.97 Å². The molecule has 0 fully saturated rings. The number of carbonyl (C=O) groups excluding carboxylic acids is 1. The van der Waals surface area contributed by atoms with E-state index in [4.69, 9.17) is 4.74 Å². The minimum Gasteiger partial charge on any atom is -0.462 e. The monoisotopic (exact) mass is 438 g/mol. The molecule has 0 spiro atoms. The molecule has 0 amide bonds. The fourth-order valence-electron chi connectivity index (χ4n) is 3.76. The molecule has 0 radical (unpaired) electrons. The highest BCUT2D eigenvalue weighted by molar-refractivity contribution is 5.82. The van der Waals surface area contributed by atoms with E-state index in [0.717, 1.165) is 12.8 Å². The molecule has 0 saturated carbocycles. The van der Waals surface area contributed by atoms with Crippen LogP contribution in [0.15, 0.2) is 11.6 Å². The van der Waals surface area contributed by atoms with Gasteiger partial charge in [-0.3, -0.25) is 0 Å². The first-order chi connectivity index (χ1) is 14.9. The smallest absolute Gasteiger partial charge is 0.330 e. The van der Waals surface area contributed by atoms with E-state index in [2.05, 4.69) is 13.8 Å². The van der Waals surface area contributed by atoms with Crippen LogP contribution in [-0.2, 0) is 9.53 Å². The zero-order valence-electron chi connectivity index (χ0n) is 21.5. The summed E-state index contributed by atoms with van der Waals surface area (Å²) in [5.41, 5.74) is 0.878. The summed E-state index contributed by atoms with van der Waals surface area (Å²) in [6.45, 7) is 8.62. The molecule has 0 atom stereocenters. The highest BCUT2D eigenvalue weighted by Gasteiger charge is 2.18. The quantitative estimate of drug-likeness (QED) is 0.105. The molecule has 0 saturated heterocycles. The van der Waals surface area contributed by atoms with E-state index in [0.29, 0.717) is 0 Å². The molecule has 0 aliphatic heterocycles. The van der Waals surface area contributed by atoms with Crippen LogP contribution in [0.5, 0.6) is 0 Å². The number of ether oxygens (including phenoxy) is 1. The Kier molecular flexibility index (Phi) is 20.5. The summed E-state index contributed by atoms with van der Waals surface area (Å²) in [5, 5.41) is 9.35. The molecular formula is C28H54O3. The van der Waals surface area contributed by atoms with Crippen LogP contribution in [0, 0.1) is 5.41 Å². The highest BCUT2D eigenvalue weighted by Crippen LogP contribution is 2.20. The lowest BCUT2D eigenvalue weighted by molar-refractivity contribution is -0.141. The van der Waals surface area contributed by atoms with E-state index in [1.165, 1.54) is 108 Å². The van der Waals surface area contributed by atoms with Crippen molar-refractivity contribution < 1.29 is 14.6 Å². The average Bonchev–Trinajstić information content (AvgIpc) is 2.75. The summed E-state index contributed by atoms with van der Waals surface area (Å²) in [4.78, 5) is 12.3. The Balaban J connectivity index is 4.29. The summed E-state index contributed by atoms with van der Waals surface area (Å²) in [5.74, 6) is -0.240. The van der Waals surface area contributed by atoms with Gasteiger partial charge in [0, 0.05) is 11.5 Å². The van der Waals surface area contributed by atoms with Gasteiger partial charge in [0.2, 0.25) is 0 Å². The second-order valence-electron chi connectivity index (χ2n) is 10.2. The number of hydrogen-bond donors (Lipinski definition) is 1. The van der Waals surface area contributed by atoms with Gasteiger partial charge in [0.15, 0.2) is 0 Å². The summed E-state index contributed by atoms with van der Waals surface area (Å²) >= 11 is 0. The second-order valence-corrected chi connectivity index (χ2v) is 10.2. The standard InChI is InChI=1S/C28H54O3/c1-5-7-9-11-13-15-17-19-21-26(22-20-18-16-14-12-10-8-6-2)23-27(30)31-25-28(3,4)24-29/h23,29H,5-22,24-25H2,1-4H3. The maximum absolute atomic E-state index is 12.3. The van der Waals surface area contributed by atoms with Gasteiger partial charge in [0.1, 0.15) is 0 Å². The molecule has 184 valence electrons. The normalized spacial score (nSPS) is 11.5. The van der Waals surface area contributed by atoms with Crippen LogP contribution < -0.4 is 0 Å². The number of aliphatic hydroxyl groups is 1. The molecule has 0 aliphatic carbocycles. The van der Waals surface area contributed by atoms with Crippen molar-refractivity contribution in [2.45, 2.75) is 143 Å². The Morgan fingerprint density at radius 3 is 1.48 bits per heavy atom. The van der Waals surface area contributed by atoms with E-state index in [9.17, 15) is 9.90 Å². The largest absolute Gasteiger partial charge is 0.462 e. The number of esters is 1. The number of rotatable bonds is 22. The van der Waals surface area contributed by atoms with Crippen LogP contribution in [0.3, 0.4) is 0 Å². The molecule has 0 unspecified atom stereocenters. The zero-order valence-corrected chi connectivity index (χ0v) is 21.5. The number of carbonyl (C=O) groups is 1. The average molecular weight is 439 g/mol. The minimum absolute atomic E-state index is 0.0212.